The molecule has 0 aromatic heterocycles. The molecule has 4 nitrogen and oxygen atoms in total. The molecule has 0 saturated heterocycles. The topological polar surface area (TPSA) is 42.7 Å². The van der Waals surface area contributed by atoms with Crippen molar-refractivity contribution in [3.05, 3.63) is 41.0 Å². The van der Waals surface area contributed by atoms with Crippen LogP contribution in [-0.4, -0.2) is 18.7 Å². The summed E-state index contributed by atoms with van der Waals surface area (Å²) in [5.74, 6) is -1.35. The molecule has 0 unspecified atom stereocenters. The first kappa shape index (κ1) is 12.4. The van der Waals surface area contributed by atoms with Crippen LogP contribution < -0.4 is 5.32 Å². The number of rotatable bonds is 3. The Labute approximate surface area is 105 Å². The smallest absolute Gasteiger partial charge is 0.340 e. The van der Waals surface area contributed by atoms with Gasteiger partial charge in [-0.15, -0.1) is 0 Å². The number of hydrogen-bond donors (Lipinski definition) is 1. The van der Waals surface area contributed by atoms with Gasteiger partial charge in [-0.05, 0) is 24.6 Å². The molecule has 0 heterocycles. The van der Waals surface area contributed by atoms with Crippen LogP contribution in [0.25, 0.3) is 4.85 Å². The van der Waals surface area contributed by atoms with Gasteiger partial charge < -0.3 is 10.1 Å². The number of benzene rings is 1. The van der Waals surface area contributed by atoms with Crippen molar-refractivity contribution in [3.63, 3.8) is 0 Å². The largest absolute Gasteiger partial charge is 0.465 e. The third-order valence-corrected chi connectivity index (χ3v) is 3.15. The molecule has 1 aromatic carbocycles. The minimum Gasteiger partial charge on any atom is -0.465 e. The number of halogens is 1. The van der Waals surface area contributed by atoms with Crippen molar-refractivity contribution in [2.24, 2.45) is 0 Å². The molecule has 0 atom stereocenters. The summed E-state index contributed by atoms with van der Waals surface area (Å²) in [7, 11) is 1.20. The first-order valence-corrected chi connectivity index (χ1v) is 5.65. The molecule has 0 spiro atoms. The zero-order valence-corrected chi connectivity index (χ0v) is 10.00. The first-order valence-electron chi connectivity index (χ1n) is 5.65. The Morgan fingerprint density at radius 2 is 2.28 bits per heavy atom. The highest BCUT2D eigenvalue weighted by Gasteiger charge is 2.43. The van der Waals surface area contributed by atoms with Gasteiger partial charge in [-0.3, -0.25) is 4.85 Å². The number of esters is 1. The van der Waals surface area contributed by atoms with Crippen molar-refractivity contribution in [1.82, 2.24) is 0 Å². The van der Waals surface area contributed by atoms with Crippen molar-refractivity contribution < 1.29 is 13.9 Å². The van der Waals surface area contributed by atoms with Gasteiger partial charge in [0.05, 0.1) is 12.7 Å². The van der Waals surface area contributed by atoms with Crippen molar-refractivity contribution in [2.45, 2.75) is 24.9 Å². The Morgan fingerprint density at radius 1 is 1.56 bits per heavy atom. The second-order valence-corrected chi connectivity index (χ2v) is 4.31. The van der Waals surface area contributed by atoms with Gasteiger partial charge in [0.1, 0.15) is 5.82 Å². The second kappa shape index (κ2) is 4.65. The highest BCUT2D eigenvalue weighted by Crippen LogP contribution is 2.36. The SMILES string of the molecule is [C-]#[N+]C1(Nc2ccc(C(=O)OC)c(F)c2)CCC1. The highest BCUT2D eigenvalue weighted by molar-refractivity contribution is 5.90. The van der Waals surface area contributed by atoms with E-state index >= 15 is 0 Å². The van der Waals surface area contributed by atoms with E-state index in [1.165, 1.54) is 19.2 Å². The number of carbonyl (C=O) groups is 1. The summed E-state index contributed by atoms with van der Waals surface area (Å²) < 4.78 is 18.1. The summed E-state index contributed by atoms with van der Waals surface area (Å²) in [4.78, 5) is 14.8. The average Bonchev–Trinajstić information content (AvgIpc) is 2.33. The maximum absolute atomic E-state index is 13.7. The molecular formula is C13H13FN2O2. The molecular weight excluding hydrogens is 235 g/mol. The van der Waals surface area contributed by atoms with E-state index in [0.717, 1.165) is 19.3 Å². The number of nitrogens with one attached hydrogen (secondary N) is 1. The van der Waals surface area contributed by atoms with Crippen LogP contribution in [0, 0.1) is 12.4 Å². The van der Waals surface area contributed by atoms with Crippen LogP contribution in [0.4, 0.5) is 10.1 Å². The molecule has 1 saturated carbocycles. The Morgan fingerprint density at radius 3 is 2.72 bits per heavy atom. The van der Waals surface area contributed by atoms with E-state index in [-0.39, 0.29) is 5.56 Å². The second-order valence-electron chi connectivity index (χ2n) is 4.31. The predicted octanol–water partition coefficient (Wildman–Crippen LogP) is 2.82. The molecule has 1 aliphatic carbocycles. The number of anilines is 1. The van der Waals surface area contributed by atoms with Crippen molar-refractivity contribution >= 4 is 11.7 Å². The summed E-state index contributed by atoms with van der Waals surface area (Å²) in [5.41, 5.74) is -0.191. The molecule has 5 heteroatoms. The molecule has 1 fully saturated rings. The Kier molecular flexibility index (Phi) is 3.19. The molecule has 1 N–H and O–H groups in total. The summed E-state index contributed by atoms with van der Waals surface area (Å²) >= 11 is 0. The van der Waals surface area contributed by atoms with E-state index in [1.807, 2.05) is 0 Å². The third-order valence-electron chi connectivity index (χ3n) is 3.15. The van der Waals surface area contributed by atoms with Gasteiger partial charge in [-0.1, -0.05) is 0 Å². The lowest BCUT2D eigenvalue weighted by Gasteiger charge is -2.31. The maximum atomic E-state index is 13.7. The van der Waals surface area contributed by atoms with Crippen LogP contribution in [0.2, 0.25) is 0 Å². The molecule has 94 valence electrons. The summed E-state index contributed by atoms with van der Waals surface area (Å²) in [6.45, 7) is 7.15. The molecule has 0 amide bonds. The van der Waals surface area contributed by atoms with E-state index in [0.29, 0.717) is 5.69 Å². The van der Waals surface area contributed by atoms with E-state index in [1.54, 1.807) is 6.07 Å². The van der Waals surface area contributed by atoms with Crippen LogP contribution in [0.1, 0.15) is 29.6 Å². The molecule has 18 heavy (non-hydrogen) atoms. The van der Waals surface area contributed by atoms with Gasteiger partial charge in [0.25, 0.3) is 0 Å². The zero-order chi connectivity index (χ0) is 13.2. The standard InChI is InChI=1S/C13H13FN2O2/c1-15-13(6-3-7-13)16-9-4-5-10(11(14)8-9)12(17)18-2/h4-5,8,16H,3,6-7H2,2H3. The van der Waals surface area contributed by atoms with Gasteiger partial charge in [-0.25, -0.2) is 15.8 Å². The first-order chi connectivity index (χ1) is 8.60. The third kappa shape index (κ3) is 2.14. The van der Waals surface area contributed by atoms with Gasteiger partial charge in [0.2, 0.25) is 0 Å². The fraction of sp³-hybridized carbons (Fsp3) is 0.385. The van der Waals surface area contributed by atoms with Gasteiger partial charge in [0, 0.05) is 18.5 Å². The van der Waals surface area contributed by atoms with Crippen molar-refractivity contribution in [3.8, 4) is 0 Å². The maximum Gasteiger partial charge on any atom is 0.340 e. The lowest BCUT2D eigenvalue weighted by atomic mass is 9.85. The molecule has 1 aliphatic rings. The van der Waals surface area contributed by atoms with Gasteiger partial charge in [0.15, 0.2) is 0 Å². The number of hydrogen-bond acceptors (Lipinski definition) is 3. The normalized spacial score (nSPS) is 16.3. The van der Waals surface area contributed by atoms with E-state index < -0.39 is 17.4 Å². The Balaban J connectivity index is 2.19. The zero-order valence-electron chi connectivity index (χ0n) is 10.00. The number of methoxy groups -OCH3 is 1. The Hall–Kier alpha value is -2.09. The fourth-order valence-corrected chi connectivity index (χ4v) is 1.91. The molecule has 0 aliphatic heterocycles. The number of ether oxygens (including phenoxy) is 1. The van der Waals surface area contributed by atoms with Crippen LogP contribution in [0.5, 0.6) is 0 Å². The Bertz CT molecular complexity index is 518. The lowest BCUT2D eigenvalue weighted by Crippen LogP contribution is -2.41. The lowest BCUT2D eigenvalue weighted by molar-refractivity contribution is 0.0595. The minimum atomic E-state index is -0.706. The summed E-state index contributed by atoms with van der Waals surface area (Å²) in [6, 6.07) is 4.16. The van der Waals surface area contributed by atoms with Crippen LogP contribution >= 0.6 is 0 Å². The molecule has 0 bridgehead atoms. The van der Waals surface area contributed by atoms with Crippen molar-refractivity contribution in [2.75, 3.05) is 12.4 Å². The van der Waals surface area contributed by atoms with Crippen molar-refractivity contribution in [1.29, 1.82) is 0 Å². The van der Waals surface area contributed by atoms with Crippen LogP contribution in [0.3, 0.4) is 0 Å². The highest BCUT2D eigenvalue weighted by atomic mass is 19.1. The monoisotopic (exact) mass is 248 g/mol. The summed E-state index contributed by atoms with van der Waals surface area (Å²) in [6.07, 6.45) is 2.52. The molecule has 2 rings (SSSR count). The summed E-state index contributed by atoms with van der Waals surface area (Å²) in [5, 5.41) is 3.02. The predicted molar refractivity (Wildman–Crippen MR) is 64.5 cm³/mol. The van der Waals surface area contributed by atoms with E-state index in [2.05, 4.69) is 14.9 Å². The minimum absolute atomic E-state index is 0.103. The number of carbonyl (C=O) groups excluding carboxylic acids is 1. The van der Waals surface area contributed by atoms with Crippen LogP contribution in [0.15, 0.2) is 18.2 Å². The average molecular weight is 248 g/mol. The quantitative estimate of drug-likeness (QED) is 0.660. The molecule has 0 radical (unpaired) electrons. The van der Waals surface area contributed by atoms with Crippen LogP contribution in [-0.2, 0) is 4.74 Å². The van der Waals surface area contributed by atoms with Gasteiger partial charge >= 0.3 is 11.6 Å². The molecule has 1 aromatic rings. The number of nitrogens with zero attached hydrogens (tertiary/aromatic N) is 1. The van der Waals surface area contributed by atoms with Gasteiger partial charge in [-0.2, -0.15) is 0 Å². The van der Waals surface area contributed by atoms with E-state index in [9.17, 15) is 9.18 Å². The fourth-order valence-electron chi connectivity index (χ4n) is 1.91. The van der Waals surface area contributed by atoms with E-state index in [4.69, 9.17) is 6.57 Å².